The first-order chi connectivity index (χ1) is 13.0. The first kappa shape index (κ1) is 19.9. The number of likely N-dealkylation sites (tertiary alicyclic amines) is 1. The van der Waals surface area contributed by atoms with Crippen LogP contribution in [-0.2, 0) is 20.0 Å². The molecule has 2 aromatic rings. The highest BCUT2D eigenvalue weighted by atomic mass is 16.5. The zero-order chi connectivity index (χ0) is 19.2. The third kappa shape index (κ3) is 5.56. The fourth-order valence-electron chi connectivity index (χ4n) is 4.08. The van der Waals surface area contributed by atoms with Crippen LogP contribution in [0.2, 0.25) is 0 Å². The molecule has 1 atom stereocenters. The molecule has 0 radical (unpaired) electrons. The zero-order valence-electron chi connectivity index (χ0n) is 17.3. The Bertz CT molecular complexity index is 710. The lowest BCUT2D eigenvalue weighted by molar-refractivity contribution is 0.142. The van der Waals surface area contributed by atoms with Crippen molar-refractivity contribution in [2.24, 2.45) is 13.0 Å². The molecule has 0 spiro atoms. The largest absolute Gasteiger partial charge is 0.497 e. The third-order valence-corrected chi connectivity index (χ3v) is 5.83. The van der Waals surface area contributed by atoms with Crippen molar-refractivity contribution in [2.45, 2.75) is 32.7 Å². The second-order valence-corrected chi connectivity index (χ2v) is 7.98. The van der Waals surface area contributed by atoms with Crippen molar-refractivity contribution in [1.82, 2.24) is 19.6 Å². The van der Waals surface area contributed by atoms with E-state index in [1.165, 1.54) is 42.8 Å². The summed E-state index contributed by atoms with van der Waals surface area (Å²) < 4.78 is 7.21. The van der Waals surface area contributed by atoms with Crippen LogP contribution in [0.5, 0.6) is 5.75 Å². The van der Waals surface area contributed by atoms with Gasteiger partial charge in [0.15, 0.2) is 0 Å². The van der Waals surface area contributed by atoms with Gasteiger partial charge in [-0.2, -0.15) is 5.10 Å². The minimum atomic E-state index is 0.761. The van der Waals surface area contributed by atoms with Gasteiger partial charge in [0.1, 0.15) is 5.75 Å². The number of nitrogens with zero attached hydrogens (tertiary/aromatic N) is 4. The fourth-order valence-corrected chi connectivity index (χ4v) is 4.08. The molecule has 1 fully saturated rings. The number of aromatic nitrogens is 2. The maximum atomic E-state index is 5.25. The second kappa shape index (κ2) is 9.38. The predicted molar refractivity (Wildman–Crippen MR) is 110 cm³/mol. The van der Waals surface area contributed by atoms with Gasteiger partial charge in [0.2, 0.25) is 0 Å². The zero-order valence-corrected chi connectivity index (χ0v) is 17.3. The molecule has 1 unspecified atom stereocenters. The fraction of sp³-hybridized carbons (Fsp3) is 0.591. The molecule has 0 saturated carbocycles. The Morgan fingerprint density at radius 2 is 2.04 bits per heavy atom. The van der Waals surface area contributed by atoms with E-state index in [9.17, 15) is 0 Å². The molecule has 1 aromatic carbocycles. The van der Waals surface area contributed by atoms with Crippen molar-refractivity contribution in [1.29, 1.82) is 0 Å². The van der Waals surface area contributed by atoms with Crippen LogP contribution >= 0.6 is 0 Å². The molecular formula is C22H34N4O. The average Bonchev–Trinajstić information content (AvgIpc) is 2.99. The highest BCUT2D eigenvalue weighted by molar-refractivity contribution is 5.27. The Labute approximate surface area is 163 Å². The van der Waals surface area contributed by atoms with E-state index in [0.717, 1.165) is 37.7 Å². The molecule has 0 N–H and O–H groups in total. The van der Waals surface area contributed by atoms with E-state index in [1.54, 1.807) is 7.11 Å². The molecule has 5 heteroatoms. The molecular weight excluding hydrogens is 336 g/mol. The van der Waals surface area contributed by atoms with E-state index in [-0.39, 0.29) is 0 Å². The Hall–Kier alpha value is -1.85. The van der Waals surface area contributed by atoms with Crippen molar-refractivity contribution < 1.29 is 4.74 Å². The highest BCUT2D eigenvalue weighted by Crippen LogP contribution is 2.19. The van der Waals surface area contributed by atoms with Crippen LogP contribution in [0.1, 0.15) is 29.7 Å². The molecule has 148 valence electrons. The van der Waals surface area contributed by atoms with Crippen molar-refractivity contribution in [3.63, 3.8) is 0 Å². The summed E-state index contributed by atoms with van der Waals surface area (Å²) in [4.78, 5) is 5.10. The summed E-state index contributed by atoms with van der Waals surface area (Å²) in [5, 5.41) is 4.37. The maximum Gasteiger partial charge on any atom is 0.118 e. The standard InChI is InChI=1S/C22H34N4O/c1-18-21(14-23-25(18)3)17-24(2)15-20-6-5-12-26(16-20)13-11-19-7-9-22(27-4)10-8-19/h7-10,14,20H,5-6,11-13,15-17H2,1-4H3. The van der Waals surface area contributed by atoms with Gasteiger partial charge in [-0.1, -0.05) is 12.1 Å². The lowest BCUT2D eigenvalue weighted by Gasteiger charge is -2.34. The minimum absolute atomic E-state index is 0.761. The lowest BCUT2D eigenvalue weighted by atomic mass is 9.97. The topological polar surface area (TPSA) is 33.5 Å². The molecule has 0 aliphatic carbocycles. The molecule has 5 nitrogen and oxygen atoms in total. The summed E-state index contributed by atoms with van der Waals surface area (Å²) in [6.07, 6.45) is 5.78. The Kier molecular flexibility index (Phi) is 6.91. The van der Waals surface area contributed by atoms with Crippen LogP contribution in [0, 0.1) is 12.8 Å². The highest BCUT2D eigenvalue weighted by Gasteiger charge is 2.21. The molecule has 1 saturated heterocycles. The van der Waals surface area contributed by atoms with Crippen LogP contribution in [0.15, 0.2) is 30.5 Å². The summed E-state index contributed by atoms with van der Waals surface area (Å²) in [5.41, 5.74) is 4.00. The van der Waals surface area contributed by atoms with Crippen LogP contribution in [0.4, 0.5) is 0 Å². The SMILES string of the molecule is COc1ccc(CCN2CCCC(CN(C)Cc3cnn(C)c3C)C2)cc1. The molecule has 3 rings (SSSR count). The van der Waals surface area contributed by atoms with Crippen molar-refractivity contribution in [3.8, 4) is 5.75 Å². The van der Waals surface area contributed by atoms with Gasteiger partial charge in [0.05, 0.1) is 13.3 Å². The van der Waals surface area contributed by atoms with E-state index in [1.807, 2.05) is 17.9 Å². The monoisotopic (exact) mass is 370 g/mol. The third-order valence-electron chi connectivity index (χ3n) is 5.83. The number of aryl methyl sites for hydroxylation is 1. The number of piperidine rings is 1. The Morgan fingerprint density at radius 3 is 2.70 bits per heavy atom. The van der Waals surface area contributed by atoms with Gasteiger partial charge in [0.25, 0.3) is 0 Å². The molecule has 27 heavy (non-hydrogen) atoms. The van der Waals surface area contributed by atoms with Crippen molar-refractivity contribution >= 4 is 0 Å². The van der Waals surface area contributed by atoms with Crippen LogP contribution in [-0.4, -0.2) is 59.9 Å². The summed E-state index contributed by atoms with van der Waals surface area (Å²) >= 11 is 0. The van der Waals surface area contributed by atoms with Gasteiger partial charge >= 0.3 is 0 Å². The molecule has 1 aliphatic heterocycles. The van der Waals surface area contributed by atoms with Gasteiger partial charge in [-0.3, -0.25) is 4.68 Å². The molecule has 0 bridgehead atoms. The molecule has 2 heterocycles. The summed E-state index contributed by atoms with van der Waals surface area (Å²) in [5.74, 6) is 1.69. The maximum absolute atomic E-state index is 5.25. The number of rotatable bonds is 8. The Morgan fingerprint density at radius 1 is 1.26 bits per heavy atom. The van der Waals surface area contributed by atoms with E-state index in [0.29, 0.717) is 0 Å². The number of hydrogen-bond donors (Lipinski definition) is 0. The summed E-state index contributed by atoms with van der Waals surface area (Å²) in [7, 11) is 5.97. The quantitative estimate of drug-likeness (QED) is 0.715. The molecule has 1 aromatic heterocycles. The van der Waals surface area contributed by atoms with Gasteiger partial charge in [-0.15, -0.1) is 0 Å². The Balaban J connectivity index is 1.44. The van der Waals surface area contributed by atoms with Crippen molar-refractivity contribution in [2.75, 3.05) is 40.3 Å². The summed E-state index contributed by atoms with van der Waals surface area (Å²) in [6.45, 7) is 7.89. The predicted octanol–water partition coefficient (Wildman–Crippen LogP) is 3.12. The number of hydrogen-bond acceptors (Lipinski definition) is 4. The second-order valence-electron chi connectivity index (χ2n) is 7.98. The van der Waals surface area contributed by atoms with Gasteiger partial charge in [-0.05, 0) is 63.4 Å². The lowest BCUT2D eigenvalue weighted by Crippen LogP contribution is -2.40. The number of ether oxygens (including phenoxy) is 1. The van der Waals surface area contributed by atoms with Crippen LogP contribution < -0.4 is 4.74 Å². The van der Waals surface area contributed by atoms with E-state index in [4.69, 9.17) is 4.74 Å². The molecule has 1 aliphatic rings. The minimum Gasteiger partial charge on any atom is -0.497 e. The first-order valence-corrected chi connectivity index (χ1v) is 10.1. The summed E-state index contributed by atoms with van der Waals surface area (Å²) in [6, 6.07) is 8.49. The van der Waals surface area contributed by atoms with Crippen LogP contribution in [0.25, 0.3) is 0 Å². The normalized spacial score (nSPS) is 18.2. The smallest absolute Gasteiger partial charge is 0.118 e. The van der Waals surface area contributed by atoms with Gasteiger partial charge in [-0.25, -0.2) is 0 Å². The van der Waals surface area contributed by atoms with E-state index >= 15 is 0 Å². The van der Waals surface area contributed by atoms with Crippen molar-refractivity contribution in [3.05, 3.63) is 47.3 Å². The van der Waals surface area contributed by atoms with Gasteiger partial charge < -0.3 is 14.5 Å². The average molecular weight is 371 g/mol. The van der Waals surface area contributed by atoms with Crippen LogP contribution in [0.3, 0.4) is 0 Å². The van der Waals surface area contributed by atoms with E-state index in [2.05, 4.69) is 53.1 Å². The molecule has 0 amide bonds. The first-order valence-electron chi connectivity index (χ1n) is 10.1. The van der Waals surface area contributed by atoms with E-state index < -0.39 is 0 Å². The number of methoxy groups -OCH3 is 1. The van der Waals surface area contributed by atoms with Gasteiger partial charge in [0, 0.05) is 44.5 Å². The number of benzene rings is 1.